The molecule has 1 saturated heterocycles. The highest BCUT2D eigenvalue weighted by Gasteiger charge is 2.14. The van der Waals surface area contributed by atoms with E-state index in [1.807, 2.05) is 0 Å². The Labute approximate surface area is 109 Å². The van der Waals surface area contributed by atoms with Crippen molar-refractivity contribution in [2.45, 2.75) is 45.6 Å². The van der Waals surface area contributed by atoms with E-state index in [1.54, 1.807) is 0 Å². The Morgan fingerprint density at radius 2 is 2.06 bits per heavy atom. The number of carbonyl (C=O) groups excluding carboxylic acids is 2. The second-order valence-electron chi connectivity index (χ2n) is 5.31. The van der Waals surface area contributed by atoms with Crippen LogP contribution in [0.1, 0.15) is 39.5 Å². The maximum atomic E-state index is 11.5. The Kier molecular flexibility index (Phi) is 6.72. The van der Waals surface area contributed by atoms with Crippen LogP contribution in [0.3, 0.4) is 0 Å². The van der Waals surface area contributed by atoms with Gasteiger partial charge in [0.1, 0.15) is 0 Å². The van der Waals surface area contributed by atoms with Gasteiger partial charge in [-0.1, -0.05) is 13.8 Å². The molecule has 0 aromatic heterocycles. The lowest BCUT2D eigenvalue weighted by Crippen LogP contribution is -2.42. The number of rotatable bonds is 7. The molecule has 1 unspecified atom stereocenters. The zero-order valence-corrected chi connectivity index (χ0v) is 11.4. The van der Waals surface area contributed by atoms with E-state index in [2.05, 4.69) is 29.8 Å². The van der Waals surface area contributed by atoms with E-state index in [1.165, 1.54) is 6.42 Å². The molecule has 0 aromatic rings. The highest BCUT2D eigenvalue weighted by molar-refractivity contribution is 5.84. The van der Waals surface area contributed by atoms with E-state index in [0.717, 1.165) is 19.4 Å². The zero-order chi connectivity index (χ0) is 13.4. The fraction of sp³-hybridized carbons (Fsp3) is 0.846. The molecule has 5 heteroatoms. The minimum absolute atomic E-state index is 0.0437. The highest BCUT2D eigenvalue weighted by atomic mass is 16.2. The molecule has 0 bridgehead atoms. The van der Waals surface area contributed by atoms with E-state index >= 15 is 0 Å². The van der Waals surface area contributed by atoms with Gasteiger partial charge in [-0.25, -0.2) is 0 Å². The van der Waals surface area contributed by atoms with E-state index in [4.69, 9.17) is 0 Å². The molecule has 2 amide bonds. The van der Waals surface area contributed by atoms with Crippen LogP contribution in [0.25, 0.3) is 0 Å². The molecule has 1 heterocycles. The monoisotopic (exact) mass is 255 g/mol. The first kappa shape index (κ1) is 15.0. The van der Waals surface area contributed by atoms with Crippen molar-refractivity contribution in [2.75, 3.05) is 19.6 Å². The largest absolute Gasteiger partial charge is 0.353 e. The predicted octanol–water partition coefficient (Wildman–Crippen LogP) is 0.407. The van der Waals surface area contributed by atoms with Crippen LogP contribution in [-0.2, 0) is 9.59 Å². The summed E-state index contributed by atoms with van der Waals surface area (Å²) in [5.41, 5.74) is 0. The third-order valence-corrected chi connectivity index (χ3v) is 3.10. The van der Waals surface area contributed by atoms with Crippen LogP contribution in [0.4, 0.5) is 0 Å². The van der Waals surface area contributed by atoms with Crippen molar-refractivity contribution in [3.8, 4) is 0 Å². The Morgan fingerprint density at radius 3 is 2.67 bits per heavy atom. The lowest BCUT2D eigenvalue weighted by atomic mass is 10.1. The molecular formula is C13H25N3O2. The van der Waals surface area contributed by atoms with Crippen molar-refractivity contribution in [1.29, 1.82) is 0 Å². The molecule has 1 aliphatic heterocycles. The minimum atomic E-state index is -0.110. The molecule has 1 aliphatic rings. The van der Waals surface area contributed by atoms with Gasteiger partial charge in [-0.15, -0.1) is 0 Å². The number of hydrogen-bond acceptors (Lipinski definition) is 3. The standard InChI is InChI=1S/C13H25N3O2/c1-10(2)5-6-12(17)16-9-13(18)15-8-11-4-3-7-14-11/h10-11,14H,3-9H2,1-2H3,(H,15,18)(H,16,17). The normalized spacial score (nSPS) is 18.9. The molecular weight excluding hydrogens is 230 g/mol. The van der Waals surface area contributed by atoms with Gasteiger partial charge in [0.05, 0.1) is 6.54 Å². The second-order valence-corrected chi connectivity index (χ2v) is 5.31. The fourth-order valence-electron chi connectivity index (χ4n) is 1.92. The van der Waals surface area contributed by atoms with Crippen molar-refractivity contribution in [3.05, 3.63) is 0 Å². The zero-order valence-electron chi connectivity index (χ0n) is 11.4. The van der Waals surface area contributed by atoms with E-state index in [-0.39, 0.29) is 18.4 Å². The van der Waals surface area contributed by atoms with Crippen LogP contribution in [0.5, 0.6) is 0 Å². The quantitative estimate of drug-likeness (QED) is 0.617. The number of amides is 2. The molecule has 104 valence electrons. The number of nitrogens with one attached hydrogen (secondary N) is 3. The molecule has 1 atom stereocenters. The molecule has 0 saturated carbocycles. The summed E-state index contributed by atoms with van der Waals surface area (Å²) in [6.07, 6.45) is 3.64. The van der Waals surface area contributed by atoms with E-state index in [9.17, 15) is 9.59 Å². The van der Waals surface area contributed by atoms with Gasteiger partial charge in [-0.2, -0.15) is 0 Å². The maximum Gasteiger partial charge on any atom is 0.239 e. The maximum absolute atomic E-state index is 11.5. The summed E-state index contributed by atoms with van der Waals surface area (Å²) in [7, 11) is 0. The molecule has 0 spiro atoms. The predicted molar refractivity (Wildman–Crippen MR) is 71.1 cm³/mol. The molecule has 18 heavy (non-hydrogen) atoms. The minimum Gasteiger partial charge on any atom is -0.353 e. The molecule has 1 rings (SSSR count). The summed E-state index contributed by atoms with van der Waals surface area (Å²) < 4.78 is 0. The van der Waals surface area contributed by atoms with Gasteiger partial charge in [0.15, 0.2) is 0 Å². The Morgan fingerprint density at radius 1 is 1.28 bits per heavy atom. The van der Waals surface area contributed by atoms with Crippen molar-refractivity contribution < 1.29 is 9.59 Å². The third kappa shape index (κ3) is 6.59. The number of hydrogen-bond donors (Lipinski definition) is 3. The second kappa shape index (κ2) is 8.08. The lowest BCUT2D eigenvalue weighted by Gasteiger charge is -2.12. The van der Waals surface area contributed by atoms with Crippen LogP contribution >= 0.6 is 0 Å². The lowest BCUT2D eigenvalue weighted by molar-refractivity contribution is -0.126. The summed E-state index contributed by atoms with van der Waals surface area (Å²) >= 11 is 0. The summed E-state index contributed by atoms with van der Waals surface area (Å²) in [6, 6.07) is 0.394. The first-order chi connectivity index (χ1) is 8.58. The van der Waals surface area contributed by atoms with E-state index in [0.29, 0.717) is 24.9 Å². The summed E-state index contributed by atoms with van der Waals surface area (Å²) in [5.74, 6) is 0.359. The number of carbonyl (C=O) groups is 2. The van der Waals surface area contributed by atoms with Gasteiger partial charge >= 0.3 is 0 Å². The molecule has 1 fully saturated rings. The van der Waals surface area contributed by atoms with Crippen LogP contribution in [0.15, 0.2) is 0 Å². The first-order valence-electron chi connectivity index (χ1n) is 6.84. The average molecular weight is 255 g/mol. The third-order valence-electron chi connectivity index (χ3n) is 3.10. The smallest absolute Gasteiger partial charge is 0.239 e. The van der Waals surface area contributed by atoms with Crippen LogP contribution < -0.4 is 16.0 Å². The van der Waals surface area contributed by atoms with Crippen molar-refractivity contribution >= 4 is 11.8 Å². The van der Waals surface area contributed by atoms with Gasteiger partial charge < -0.3 is 16.0 Å². The van der Waals surface area contributed by atoms with Gasteiger partial charge in [0, 0.05) is 19.0 Å². The molecule has 3 N–H and O–H groups in total. The fourth-order valence-corrected chi connectivity index (χ4v) is 1.92. The van der Waals surface area contributed by atoms with Gasteiger partial charge in [0.25, 0.3) is 0 Å². The average Bonchev–Trinajstić information content (AvgIpc) is 2.84. The Hall–Kier alpha value is -1.10. The summed E-state index contributed by atoms with van der Waals surface area (Å²) in [4.78, 5) is 22.9. The Bertz CT molecular complexity index is 273. The molecule has 0 radical (unpaired) electrons. The highest BCUT2D eigenvalue weighted by Crippen LogP contribution is 2.03. The van der Waals surface area contributed by atoms with Gasteiger partial charge in [-0.05, 0) is 31.7 Å². The van der Waals surface area contributed by atoms with Crippen LogP contribution in [0, 0.1) is 5.92 Å². The topological polar surface area (TPSA) is 70.2 Å². The summed E-state index contributed by atoms with van der Waals surface area (Å²) in [6.45, 7) is 5.93. The van der Waals surface area contributed by atoms with Crippen LogP contribution in [0.2, 0.25) is 0 Å². The molecule has 5 nitrogen and oxygen atoms in total. The SMILES string of the molecule is CC(C)CCC(=O)NCC(=O)NCC1CCCN1. The van der Waals surface area contributed by atoms with Crippen molar-refractivity contribution in [3.63, 3.8) is 0 Å². The van der Waals surface area contributed by atoms with Crippen molar-refractivity contribution in [1.82, 2.24) is 16.0 Å². The first-order valence-corrected chi connectivity index (χ1v) is 6.84. The van der Waals surface area contributed by atoms with Crippen LogP contribution in [-0.4, -0.2) is 37.5 Å². The van der Waals surface area contributed by atoms with Gasteiger partial charge in [-0.3, -0.25) is 9.59 Å². The molecule has 0 aliphatic carbocycles. The van der Waals surface area contributed by atoms with Crippen molar-refractivity contribution in [2.24, 2.45) is 5.92 Å². The summed E-state index contributed by atoms with van der Waals surface area (Å²) in [5, 5.41) is 8.78. The van der Waals surface area contributed by atoms with E-state index < -0.39 is 0 Å². The molecule has 0 aromatic carbocycles. The Balaban J connectivity index is 2.03. The van der Waals surface area contributed by atoms with Gasteiger partial charge in [0.2, 0.25) is 11.8 Å².